The lowest BCUT2D eigenvalue weighted by molar-refractivity contribution is 0.570. The van der Waals surface area contributed by atoms with Gasteiger partial charge in [0, 0.05) is 22.5 Å². The zero-order chi connectivity index (χ0) is 16.6. The molecule has 0 N–H and O–H groups in total. The minimum atomic E-state index is -3.58. The Labute approximate surface area is 143 Å². The molecule has 0 saturated heterocycles. The fourth-order valence-corrected chi connectivity index (χ4v) is 4.21. The van der Waals surface area contributed by atoms with Gasteiger partial charge in [-0.2, -0.15) is 0 Å². The quantitative estimate of drug-likeness (QED) is 0.804. The molecular weight excluding hydrogens is 357 g/mol. The number of benzene rings is 2. The summed E-state index contributed by atoms with van der Waals surface area (Å²) in [4.78, 5) is 1.72. The lowest BCUT2D eigenvalue weighted by Crippen LogP contribution is -2.17. The summed E-state index contributed by atoms with van der Waals surface area (Å²) in [6, 6.07) is 11.6. The molecule has 1 heterocycles. The molecule has 23 heavy (non-hydrogen) atoms. The van der Waals surface area contributed by atoms with E-state index in [2.05, 4.69) is 0 Å². The smallest absolute Gasteiger partial charge is 0.178 e. The lowest BCUT2D eigenvalue weighted by atomic mass is 10.1. The third kappa shape index (κ3) is 3.39. The number of halogens is 2. The van der Waals surface area contributed by atoms with Gasteiger partial charge in [-0.15, -0.1) is 11.8 Å². The van der Waals surface area contributed by atoms with Gasteiger partial charge in [0.05, 0.1) is 11.6 Å². The SMILES string of the molecule is CS(=O)(=O)c1ccc(C2=CSCN2c2cccc(Cl)c2)cc1F. The van der Waals surface area contributed by atoms with Crippen LogP contribution in [-0.2, 0) is 9.84 Å². The Bertz CT molecular complexity index is 897. The first-order valence-electron chi connectivity index (χ1n) is 6.71. The van der Waals surface area contributed by atoms with Gasteiger partial charge in [-0.3, -0.25) is 0 Å². The second-order valence-electron chi connectivity index (χ2n) is 5.12. The highest BCUT2D eigenvalue weighted by Crippen LogP contribution is 2.36. The van der Waals surface area contributed by atoms with Gasteiger partial charge in [-0.25, -0.2) is 12.8 Å². The first-order valence-corrected chi connectivity index (χ1v) is 10.0. The van der Waals surface area contributed by atoms with Crippen molar-refractivity contribution in [2.45, 2.75) is 4.90 Å². The molecule has 0 aliphatic carbocycles. The van der Waals surface area contributed by atoms with E-state index in [-0.39, 0.29) is 4.90 Å². The molecule has 2 aromatic rings. The first-order chi connectivity index (χ1) is 10.9. The zero-order valence-electron chi connectivity index (χ0n) is 12.2. The van der Waals surface area contributed by atoms with Crippen LogP contribution in [0.1, 0.15) is 5.56 Å². The van der Waals surface area contributed by atoms with E-state index in [1.54, 1.807) is 23.9 Å². The second kappa shape index (κ2) is 6.19. The van der Waals surface area contributed by atoms with Crippen LogP contribution in [0.4, 0.5) is 10.1 Å². The molecule has 0 amide bonds. The molecule has 0 radical (unpaired) electrons. The first kappa shape index (κ1) is 16.4. The van der Waals surface area contributed by atoms with Crippen molar-refractivity contribution in [2.75, 3.05) is 17.0 Å². The number of thioether (sulfide) groups is 1. The van der Waals surface area contributed by atoms with Crippen molar-refractivity contribution in [3.05, 3.63) is 64.3 Å². The van der Waals surface area contributed by atoms with Crippen molar-refractivity contribution >= 4 is 44.6 Å². The number of hydrogen-bond donors (Lipinski definition) is 0. The molecule has 7 heteroatoms. The fraction of sp³-hybridized carbons (Fsp3) is 0.125. The van der Waals surface area contributed by atoms with Gasteiger partial charge >= 0.3 is 0 Å². The van der Waals surface area contributed by atoms with Crippen molar-refractivity contribution < 1.29 is 12.8 Å². The topological polar surface area (TPSA) is 37.4 Å². The molecular formula is C16H13ClFNO2S2. The highest BCUT2D eigenvalue weighted by Gasteiger charge is 2.21. The highest BCUT2D eigenvalue weighted by atomic mass is 35.5. The van der Waals surface area contributed by atoms with E-state index in [1.165, 1.54) is 12.1 Å². The van der Waals surface area contributed by atoms with Gasteiger partial charge in [0.2, 0.25) is 0 Å². The van der Waals surface area contributed by atoms with Crippen LogP contribution in [-0.4, -0.2) is 20.6 Å². The standard InChI is InChI=1S/C16H13ClFNO2S2/c1-23(20,21)16-6-5-11(7-14(16)18)15-9-22-10-19(15)13-4-2-3-12(17)8-13/h2-9H,10H2,1H3. The van der Waals surface area contributed by atoms with E-state index in [9.17, 15) is 12.8 Å². The molecule has 2 aromatic carbocycles. The Balaban J connectivity index is 1.99. The largest absolute Gasteiger partial charge is 0.330 e. The molecule has 0 unspecified atom stereocenters. The summed E-state index contributed by atoms with van der Waals surface area (Å²) in [6.07, 6.45) is 0.994. The Kier molecular flexibility index (Phi) is 4.40. The molecule has 0 saturated carbocycles. The number of nitrogens with zero attached hydrogens (tertiary/aromatic N) is 1. The van der Waals surface area contributed by atoms with Crippen LogP contribution in [0.15, 0.2) is 52.8 Å². The average Bonchev–Trinajstić information content (AvgIpc) is 2.95. The number of hydrogen-bond acceptors (Lipinski definition) is 4. The summed E-state index contributed by atoms with van der Waals surface area (Å²) in [7, 11) is -3.58. The van der Waals surface area contributed by atoms with Crippen molar-refractivity contribution in [3.8, 4) is 0 Å². The normalized spacial score (nSPS) is 14.9. The summed E-state index contributed by atoms with van der Waals surface area (Å²) in [5.41, 5.74) is 2.34. The van der Waals surface area contributed by atoms with Crippen LogP contribution >= 0.6 is 23.4 Å². The predicted octanol–water partition coefficient (Wildman–Crippen LogP) is 4.39. The summed E-state index contributed by atoms with van der Waals surface area (Å²) in [6.45, 7) is 0. The average molecular weight is 370 g/mol. The van der Waals surface area contributed by atoms with Crippen LogP contribution in [0.5, 0.6) is 0 Å². The van der Waals surface area contributed by atoms with E-state index < -0.39 is 15.7 Å². The van der Waals surface area contributed by atoms with Crippen molar-refractivity contribution in [1.82, 2.24) is 0 Å². The summed E-state index contributed by atoms with van der Waals surface area (Å²) >= 11 is 7.62. The number of sulfone groups is 1. The van der Waals surface area contributed by atoms with Gasteiger partial charge in [0.15, 0.2) is 9.84 Å². The Morgan fingerprint density at radius 1 is 1.22 bits per heavy atom. The van der Waals surface area contributed by atoms with E-state index >= 15 is 0 Å². The third-order valence-corrected chi connectivity index (χ3v) is 5.60. The van der Waals surface area contributed by atoms with Crippen molar-refractivity contribution in [1.29, 1.82) is 0 Å². The Hall–Kier alpha value is -1.50. The maximum atomic E-state index is 14.1. The molecule has 3 rings (SSSR count). The maximum Gasteiger partial charge on any atom is 0.178 e. The van der Waals surface area contributed by atoms with Crippen molar-refractivity contribution in [2.24, 2.45) is 0 Å². The molecule has 0 bridgehead atoms. The summed E-state index contributed by atoms with van der Waals surface area (Å²) < 4.78 is 37.2. The van der Waals surface area contributed by atoms with Gasteiger partial charge in [0.25, 0.3) is 0 Å². The zero-order valence-corrected chi connectivity index (χ0v) is 14.6. The lowest BCUT2D eigenvalue weighted by Gasteiger charge is -2.22. The molecule has 0 aromatic heterocycles. The minimum absolute atomic E-state index is 0.290. The van der Waals surface area contributed by atoms with Crippen LogP contribution in [0.25, 0.3) is 5.70 Å². The predicted molar refractivity (Wildman–Crippen MR) is 93.9 cm³/mol. The third-order valence-electron chi connectivity index (χ3n) is 3.44. The Morgan fingerprint density at radius 3 is 2.65 bits per heavy atom. The van der Waals surface area contributed by atoms with Crippen molar-refractivity contribution in [3.63, 3.8) is 0 Å². The second-order valence-corrected chi connectivity index (χ2v) is 8.37. The molecule has 1 aliphatic rings. The number of anilines is 1. The summed E-state index contributed by atoms with van der Waals surface area (Å²) in [5.74, 6) is -0.0562. The van der Waals surface area contributed by atoms with E-state index in [1.807, 2.05) is 28.5 Å². The van der Waals surface area contributed by atoms with E-state index in [0.717, 1.165) is 17.6 Å². The van der Waals surface area contributed by atoms with E-state index in [4.69, 9.17) is 11.6 Å². The fourth-order valence-electron chi connectivity index (χ4n) is 2.37. The van der Waals surface area contributed by atoms with Crippen LogP contribution < -0.4 is 4.90 Å². The van der Waals surface area contributed by atoms with E-state index in [0.29, 0.717) is 16.5 Å². The molecule has 3 nitrogen and oxygen atoms in total. The van der Waals surface area contributed by atoms with Gasteiger partial charge in [-0.1, -0.05) is 23.7 Å². The summed E-state index contributed by atoms with van der Waals surface area (Å²) in [5, 5.41) is 2.55. The molecule has 120 valence electrons. The molecule has 0 atom stereocenters. The molecule has 1 aliphatic heterocycles. The minimum Gasteiger partial charge on any atom is -0.330 e. The van der Waals surface area contributed by atoms with Crippen LogP contribution in [0, 0.1) is 5.82 Å². The van der Waals surface area contributed by atoms with Crippen LogP contribution in [0.3, 0.4) is 0 Å². The molecule has 0 fully saturated rings. The van der Waals surface area contributed by atoms with Gasteiger partial charge in [-0.05, 0) is 35.7 Å². The monoisotopic (exact) mass is 369 g/mol. The highest BCUT2D eigenvalue weighted by molar-refractivity contribution is 8.02. The number of rotatable bonds is 3. The van der Waals surface area contributed by atoms with Crippen LogP contribution in [0.2, 0.25) is 5.02 Å². The Morgan fingerprint density at radius 2 is 2.00 bits per heavy atom. The van der Waals surface area contributed by atoms with Gasteiger partial charge < -0.3 is 4.90 Å². The molecule has 0 spiro atoms. The maximum absolute atomic E-state index is 14.1. The van der Waals surface area contributed by atoms with Gasteiger partial charge in [0.1, 0.15) is 10.7 Å².